The maximum atomic E-state index is 12.9. The Morgan fingerprint density at radius 2 is 1.94 bits per heavy atom. The van der Waals surface area contributed by atoms with E-state index in [1.54, 1.807) is 48.0 Å². The van der Waals surface area contributed by atoms with Crippen molar-refractivity contribution in [2.75, 3.05) is 16.3 Å². The van der Waals surface area contributed by atoms with Gasteiger partial charge < -0.3 is 4.98 Å². The number of rotatable bonds is 8. The summed E-state index contributed by atoms with van der Waals surface area (Å²) in [5.41, 5.74) is 0.684. The molecule has 3 aromatic heterocycles. The summed E-state index contributed by atoms with van der Waals surface area (Å²) in [5, 5.41) is 13.8. The Bertz CT molecular complexity index is 1310. The third-order valence-corrected chi connectivity index (χ3v) is 6.86. The van der Waals surface area contributed by atoms with Gasteiger partial charge in [0.15, 0.2) is 10.3 Å². The van der Waals surface area contributed by atoms with Crippen molar-refractivity contribution >= 4 is 61.6 Å². The fourth-order valence-electron chi connectivity index (χ4n) is 2.45. The molecule has 4 rings (SSSR count). The minimum Gasteiger partial charge on any atom is -0.322 e. The molecule has 0 radical (unpaired) electrons. The van der Waals surface area contributed by atoms with Gasteiger partial charge >= 0.3 is 0 Å². The molecule has 3 heterocycles. The third kappa shape index (κ3) is 6.06. The van der Waals surface area contributed by atoms with Crippen LogP contribution in [0.15, 0.2) is 74.3 Å². The van der Waals surface area contributed by atoms with E-state index < -0.39 is 15.9 Å². The molecule has 0 saturated carbocycles. The molecule has 4 aromatic rings. The van der Waals surface area contributed by atoms with Crippen LogP contribution in [0.2, 0.25) is 0 Å². The Morgan fingerprint density at radius 3 is 2.59 bits per heavy atom. The third-order valence-electron chi connectivity index (χ3n) is 3.68. The van der Waals surface area contributed by atoms with Crippen LogP contribution in [0, 0.1) is 0 Å². The van der Waals surface area contributed by atoms with Crippen molar-refractivity contribution in [2.45, 2.75) is 20.0 Å². The zero-order valence-electron chi connectivity index (χ0n) is 16.3. The Kier molecular flexibility index (Phi) is 6.74. The molecule has 1 aromatic carbocycles. The molecule has 0 aliphatic carbocycles. The van der Waals surface area contributed by atoms with Gasteiger partial charge in [-0.1, -0.05) is 11.8 Å². The number of hydrogen-bond acceptors (Lipinski definition) is 10. The van der Waals surface area contributed by atoms with Gasteiger partial charge in [-0.3, -0.25) is 14.8 Å². The van der Waals surface area contributed by atoms with Crippen molar-refractivity contribution in [3.63, 3.8) is 0 Å². The number of amides is 1. The Labute approximate surface area is 195 Å². The van der Waals surface area contributed by atoms with Crippen molar-refractivity contribution in [3.8, 4) is 0 Å². The van der Waals surface area contributed by atoms with Gasteiger partial charge in [0.05, 0.1) is 6.26 Å². The molecule has 0 unspecified atom stereocenters. The molecular formula is C18H15N7O3S4. The number of H-pyrrole nitrogens is 1. The average Bonchev–Trinajstić information content (AvgIpc) is 3.44. The zero-order chi connectivity index (χ0) is 22.6. The molecule has 0 bridgehead atoms. The number of aromatic nitrogens is 5. The highest BCUT2D eigenvalue weighted by Crippen LogP contribution is 2.33. The number of pyridine rings is 1. The molecule has 0 atom stereocenters. The molecule has 1 amide bonds. The lowest BCUT2D eigenvalue weighted by atomic mass is 10.3. The average molecular weight is 506 g/mol. The highest BCUT2D eigenvalue weighted by molar-refractivity contribution is 7.99. The van der Waals surface area contributed by atoms with Crippen LogP contribution >= 0.6 is 34.9 Å². The van der Waals surface area contributed by atoms with Crippen molar-refractivity contribution < 1.29 is 13.2 Å². The van der Waals surface area contributed by atoms with E-state index in [-0.39, 0.29) is 5.69 Å². The van der Waals surface area contributed by atoms with Crippen LogP contribution < -0.4 is 10.0 Å². The van der Waals surface area contributed by atoms with Crippen LogP contribution in [0.1, 0.15) is 10.5 Å². The van der Waals surface area contributed by atoms with Crippen LogP contribution in [0.4, 0.5) is 10.8 Å². The molecule has 32 heavy (non-hydrogen) atoms. The van der Waals surface area contributed by atoms with Crippen molar-refractivity contribution in [3.05, 3.63) is 60.0 Å². The smallest absolute Gasteiger partial charge is 0.277 e. The number of anilines is 2. The summed E-state index contributed by atoms with van der Waals surface area (Å²) in [4.78, 5) is 25.9. The van der Waals surface area contributed by atoms with Gasteiger partial charge in [-0.25, -0.2) is 18.4 Å². The molecule has 10 nitrogen and oxygen atoms in total. The van der Waals surface area contributed by atoms with Crippen molar-refractivity contribution in [1.82, 2.24) is 25.1 Å². The number of hydrogen-bond donors (Lipinski definition) is 3. The predicted octanol–water partition coefficient (Wildman–Crippen LogP) is 3.58. The standard InChI is InChI=1S/C18H15N7O3S4/c1-32(27,28)25-11-2-4-12(5-3-11)30-13-6-7-14(31-18-20-10-21-24-18)22-15(13)16(26)23-17-19-8-9-29-17/h2-10,25H,1H3,(H,19,23,26)(H,20,21,24). The second-order valence-electron chi connectivity index (χ2n) is 6.18. The highest BCUT2D eigenvalue weighted by Gasteiger charge is 2.18. The van der Waals surface area contributed by atoms with Crippen LogP contribution in [-0.2, 0) is 10.0 Å². The molecule has 0 aliphatic heterocycles. The second-order valence-corrected chi connectivity index (χ2v) is 11.0. The van der Waals surface area contributed by atoms with Crippen LogP contribution in [0.25, 0.3) is 0 Å². The molecule has 164 valence electrons. The fourth-order valence-corrected chi connectivity index (χ4v) is 5.10. The first-order valence-corrected chi connectivity index (χ1v) is 13.3. The lowest BCUT2D eigenvalue weighted by Crippen LogP contribution is -2.15. The number of carbonyl (C=O) groups is 1. The molecule has 14 heteroatoms. The normalized spacial score (nSPS) is 11.3. The van der Waals surface area contributed by atoms with E-state index in [4.69, 9.17) is 0 Å². The number of thiazole rings is 1. The highest BCUT2D eigenvalue weighted by atomic mass is 32.2. The van der Waals surface area contributed by atoms with Crippen molar-refractivity contribution in [2.24, 2.45) is 0 Å². The summed E-state index contributed by atoms with van der Waals surface area (Å²) >= 11 is 3.89. The molecule has 0 saturated heterocycles. The summed E-state index contributed by atoms with van der Waals surface area (Å²) in [7, 11) is -3.36. The van der Waals surface area contributed by atoms with Gasteiger partial charge in [-0.2, -0.15) is 0 Å². The Balaban J connectivity index is 1.60. The molecule has 0 fully saturated rings. The van der Waals surface area contributed by atoms with Gasteiger partial charge in [0.1, 0.15) is 17.0 Å². The Hall–Kier alpha value is -2.94. The minimum atomic E-state index is -3.36. The minimum absolute atomic E-state index is 0.230. The topological polar surface area (TPSA) is 143 Å². The quantitative estimate of drug-likeness (QED) is 0.327. The first kappa shape index (κ1) is 22.3. The largest absolute Gasteiger partial charge is 0.322 e. The lowest BCUT2D eigenvalue weighted by molar-refractivity contribution is 0.101. The summed E-state index contributed by atoms with van der Waals surface area (Å²) in [6, 6.07) is 10.4. The Morgan fingerprint density at radius 1 is 1.12 bits per heavy atom. The number of aromatic amines is 1. The summed E-state index contributed by atoms with van der Waals surface area (Å²) < 4.78 is 25.2. The molecule has 3 N–H and O–H groups in total. The van der Waals surface area contributed by atoms with Crippen LogP contribution in [-0.4, -0.2) is 45.7 Å². The zero-order valence-corrected chi connectivity index (χ0v) is 19.6. The van der Waals surface area contributed by atoms with Gasteiger partial charge in [-0.05, 0) is 48.2 Å². The van der Waals surface area contributed by atoms with E-state index in [0.717, 1.165) is 11.2 Å². The van der Waals surface area contributed by atoms with Crippen LogP contribution in [0.5, 0.6) is 0 Å². The van der Waals surface area contributed by atoms with Crippen molar-refractivity contribution in [1.29, 1.82) is 0 Å². The van der Waals surface area contributed by atoms with Gasteiger partial charge in [-0.15, -0.1) is 21.5 Å². The summed E-state index contributed by atoms with van der Waals surface area (Å²) in [6.45, 7) is 0. The predicted molar refractivity (Wildman–Crippen MR) is 124 cm³/mol. The molecule has 0 spiro atoms. The maximum Gasteiger partial charge on any atom is 0.277 e. The first-order valence-electron chi connectivity index (χ1n) is 8.87. The maximum absolute atomic E-state index is 12.9. The van der Waals surface area contributed by atoms with E-state index in [1.807, 2.05) is 0 Å². The molecule has 0 aliphatic rings. The van der Waals surface area contributed by atoms with Gasteiger partial charge in [0.2, 0.25) is 10.0 Å². The van der Waals surface area contributed by atoms with E-state index in [1.165, 1.54) is 41.2 Å². The number of benzene rings is 1. The number of nitrogens with one attached hydrogen (secondary N) is 3. The molecular weight excluding hydrogens is 491 g/mol. The lowest BCUT2D eigenvalue weighted by Gasteiger charge is -2.10. The number of nitrogens with zero attached hydrogens (tertiary/aromatic N) is 4. The second kappa shape index (κ2) is 9.68. The van der Waals surface area contributed by atoms with E-state index in [2.05, 4.69) is 35.2 Å². The number of sulfonamides is 1. The fraction of sp³-hybridized carbons (Fsp3) is 0.0556. The monoisotopic (exact) mass is 505 g/mol. The van der Waals surface area contributed by atoms with E-state index in [9.17, 15) is 13.2 Å². The van der Waals surface area contributed by atoms with Gasteiger partial charge in [0, 0.05) is 27.1 Å². The van der Waals surface area contributed by atoms with E-state index >= 15 is 0 Å². The summed E-state index contributed by atoms with van der Waals surface area (Å²) in [6.07, 6.45) is 4.16. The summed E-state index contributed by atoms with van der Waals surface area (Å²) in [5.74, 6) is -0.391. The first-order chi connectivity index (χ1) is 15.4. The van der Waals surface area contributed by atoms with Crippen LogP contribution in [0.3, 0.4) is 0 Å². The SMILES string of the molecule is CS(=O)(=O)Nc1ccc(Sc2ccc(Sc3nnc[nH]3)nc2C(=O)Nc2nccs2)cc1. The number of carbonyl (C=O) groups excluding carboxylic acids is 1. The van der Waals surface area contributed by atoms with E-state index in [0.29, 0.717) is 25.9 Å². The van der Waals surface area contributed by atoms with Gasteiger partial charge in [0.25, 0.3) is 5.91 Å².